The molecule has 0 aliphatic rings. The molecule has 196 valence electrons. The number of hydrogen-bond acceptors (Lipinski definition) is 7. The van der Waals surface area contributed by atoms with Crippen LogP contribution < -0.4 is 5.73 Å². The number of nitrogens with zero attached hydrogens (tertiary/aromatic N) is 2. The molecule has 0 bridgehead atoms. The molecular formula is C25H34N3O7S+. The normalized spacial score (nSPS) is 14.2. The highest BCUT2D eigenvalue weighted by atomic mass is 32.2. The van der Waals surface area contributed by atoms with Crippen LogP contribution in [0.25, 0.3) is 0 Å². The molecule has 2 aromatic carbocycles. The Hall–Kier alpha value is -3.15. The Morgan fingerprint density at radius 3 is 2.17 bits per heavy atom. The lowest BCUT2D eigenvalue weighted by molar-refractivity contribution is -0.753. The topological polar surface area (TPSA) is 158 Å². The molecule has 0 aliphatic heterocycles. The van der Waals surface area contributed by atoms with Gasteiger partial charge < -0.3 is 10.8 Å². The van der Waals surface area contributed by atoms with Crippen molar-refractivity contribution >= 4 is 27.6 Å². The zero-order valence-corrected chi connectivity index (χ0v) is 21.4. The Morgan fingerprint density at radius 2 is 1.67 bits per heavy atom. The van der Waals surface area contributed by atoms with E-state index in [-0.39, 0.29) is 42.3 Å². The lowest BCUT2D eigenvalue weighted by Crippen LogP contribution is -2.66. The minimum Gasteiger partial charge on any atom is -0.477 e. The maximum atomic E-state index is 14.2. The average Bonchev–Trinajstić information content (AvgIpc) is 2.84. The molecular weight excluding hydrogens is 486 g/mol. The van der Waals surface area contributed by atoms with Crippen molar-refractivity contribution in [3.63, 3.8) is 0 Å². The number of hydrogen-bond donors (Lipinski definition) is 2. The fourth-order valence-electron chi connectivity index (χ4n) is 4.35. The number of benzene rings is 2. The van der Waals surface area contributed by atoms with Crippen LogP contribution in [0.15, 0.2) is 59.5 Å². The quantitative estimate of drug-likeness (QED) is 0.166. The SMILES string of the molecule is CC(C)C[N+](C(=O)CCc1ccccc1)([C@@H](CCCCN)C(=O)O)S(=O)(=O)c1ccc([N+](=O)[O-])cc1. The Morgan fingerprint density at radius 1 is 1.06 bits per heavy atom. The number of nitro benzene ring substituents is 1. The molecule has 0 aromatic heterocycles. The highest BCUT2D eigenvalue weighted by molar-refractivity contribution is 7.86. The third kappa shape index (κ3) is 6.54. The molecule has 0 saturated heterocycles. The van der Waals surface area contributed by atoms with Gasteiger partial charge >= 0.3 is 21.9 Å². The Kier molecular flexibility index (Phi) is 10.3. The van der Waals surface area contributed by atoms with Crippen LogP contribution in [0.3, 0.4) is 0 Å². The Bertz CT molecular complexity index is 1150. The first kappa shape index (κ1) is 29.1. The monoisotopic (exact) mass is 520 g/mol. The number of rotatable bonds is 14. The van der Waals surface area contributed by atoms with Gasteiger partial charge in [-0.3, -0.25) is 10.1 Å². The van der Waals surface area contributed by atoms with E-state index in [1.165, 1.54) is 0 Å². The van der Waals surface area contributed by atoms with E-state index >= 15 is 0 Å². The van der Waals surface area contributed by atoms with Crippen molar-refractivity contribution < 1.29 is 31.9 Å². The first-order valence-corrected chi connectivity index (χ1v) is 13.3. The minimum absolute atomic E-state index is 0.0669. The first-order chi connectivity index (χ1) is 17.0. The fourth-order valence-corrected chi connectivity index (χ4v) is 6.59. The van der Waals surface area contributed by atoms with Crippen molar-refractivity contribution in [2.45, 2.75) is 56.9 Å². The summed E-state index contributed by atoms with van der Waals surface area (Å²) in [6.45, 7) is 3.49. The number of amides is 1. The molecule has 1 unspecified atom stereocenters. The van der Waals surface area contributed by atoms with E-state index in [4.69, 9.17) is 5.73 Å². The lowest BCUT2D eigenvalue weighted by Gasteiger charge is -2.40. The van der Waals surface area contributed by atoms with Gasteiger partial charge in [-0.15, -0.1) is 3.89 Å². The number of non-ortho nitro benzene ring substituents is 1. The van der Waals surface area contributed by atoms with Gasteiger partial charge in [0, 0.05) is 24.5 Å². The van der Waals surface area contributed by atoms with Crippen molar-refractivity contribution in [1.82, 2.24) is 0 Å². The lowest BCUT2D eigenvalue weighted by atomic mass is 10.0. The third-order valence-corrected chi connectivity index (χ3v) is 8.36. The zero-order valence-electron chi connectivity index (χ0n) is 20.6. The molecule has 2 atom stereocenters. The van der Waals surface area contributed by atoms with Crippen LogP contribution >= 0.6 is 0 Å². The average molecular weight is 521 g/mol. The molecule has 2 aromatic rings. The number of carbonyl (C=O) groups excluding carboxylic acids is 1. The van der Waals surface area contributed by atoms with Crippen LogP contribution in [0.4, 0.5) is 5.69 Å². The number of aliphatic carboxylic acids is 1. The number of nitro groups is 1. The molecule has 1 amide bonds. The van der Waals surface area contributed by atoms with E-state index in [2.05, 4.69) is 0 Å². The van der Waals surface area contributed by atoms with E-state index in [1.807, 2.05) is 18.2 Å². The predicted octanol–water partition coefficient (Wildman–Crippen LogP) is 3.50. The van der Waals surface area contributed by atoms with Gasteiger partial charge in [-0.25, -0.2) is 9.59 Å². The van der Waals surface area contributed by atoms with Crippen LogP contribution in [0, 0.1) is 16.0 Å². The van der Waals surface area contributed by atoms with Crippen LogP contribution in [-0.2, 0) is 26.0 Å². The summed E-state index contributed by atoms with van der Waals surface area (Å²) in [6, 6.07) is 11.7. The highest BCUT2D eigenvalue weighted by Crippen LogP contribution is 2.35. The molecule has 0 heterocycles. The van der Waals surface area contributed by atoms with Crippen LogP contribution in [0.1, 0.15) is 45.1 Å². The van der Waals surface area contributed by atoms with Gasteiger partial charge in [0.2, 0.25) is 6.04 Å². The number of carboxylic acids is 1. The fraction of sp³-hybridized carbons (Fsp3) is 0.440. The number of unbranched alkanes of at least 4 members (excludes halogenated alkanes) is 1. The maximum absolute atomic E-state index is 14.2. The molecule has 0 aliphatic carbocycles. The van der Waals surface area contributed by atoms with Gasteiger partial charge in [0.1, 0.15) is 11.4 Å². The molecule has 0 saturated carbocycles. The van der Waals surface area contributed by atoms with Gasteiger partial charge in [0.25, 0.3) is 5.69 Å². The molecule has 3 N–H and O–H groups in total. The van der Waals surface area contributed by atoms with Crippen molar-refractivity contribution in [3.05, 3.63) is 70.3 Å². The van der Waals surface area contributed by atoms with E-state index in [1.54, 1.807) is 26.0 Å². The second kappa shape index (κ2) is 12.7. The zero-order chi connectivity index (χ0) is 26.9. The minimum atomic E-state index is -4.63. The summed E-state index contributed by atoms with van der Waals surface area (Å²) < 4.78 is 27.1. The molecule has 11 heteroatoms. The second-order valence-corrected chi connectivity index (χ2v) is 11.2. The summed E-state index contributed by atoms with van der Waals surface area (Å²) in [5.41, 5.74) is 6.08. The molecule has 0 spiro atoms. The van der Waals surface area contributed by atoms with Crippen LogP contribution in [0.2, 0.25) is 0 Å². The number of carbonyl (C=O) groups is 2. The van der Waals surface area contributed by atoms with Gasteiger partial charge in [-0.2, -0.15) is 8.42 Å². The Labute approximate surface area is 211 Å². The van der Waals surface area contributed by atoms with Crippen molar-refractivity contribution in [2.24, 2.45) is 11.7 Å². The number of nitrogens with two attached hydrogens (primary N) is 1. The van der Waals surface area contributed by atoms with Gasteiger partial charge in [-0.05, 0) is 43.5 Å². The van der Waals surface area contributed by atoms with E-state index in [0.717, 1.165) is 29.8 Å². The molecule has 36 heavy (non-hydrogen) atoms. The molecule has 2 rings (SSSR count). The predicted molar refractivity (Wildman–Crippen MR) is 134 cm³/mol. The van der Waals surface area contributed by atoms with Crippen LogP contribution in [-0.4, -0.2) is 53.3 Å². The standard InChI is InChI=1S/C25H33N3O7S/c1-19(2)18-28(23(25(30)31)10-6-7-17-26,24(29)16-11-20-8-4-3-5-9-20)36(34,35)22-14-12-21(13-15-22)27(32)33/h3-5,8-9,12-15,19,23H,6-7,10-11,16-18,26H2,1-2H3/p+1/t23-,28?/m0/s1. The van der Waals surface area contributed by atoms with Gasteiger partial charge in [0.15, 0.2) is 0 Å². The van der Waals surface area contributed by atoms with Crippen molar-refractivity contribution in [1.29, 1.82) is 0 Å². The van der Waals surface area contributed by atoms with Gasteiger partial charge in [0.05, 0.1) is 11.3 Å². The summed E-state index contributed by atoms with van der Waals surface area (Å²) in [5.74, 6) is -2.48. The second-order valence-electron chi connectivity index (χ2n) is 9.12. The van der Waals surface area contributed by atoms with Crippen LogP contribution in [0.5, 0.6) is 0 Å². The Balaban J connectivity index is 2.70. The third-order valence-electron chi connectivity index (χ3n) is 6.02. The maximum Gasteiger partial charge on any atom is 0.364 e. The summed E-state index contributed by atoms with van der Waals surface area (Å²) in [4.78, 5) is 36.6. The first-order valence-electron chi connectivity index (χ1n) is 11.8. The molecule has 0 radical (unpaired) electrons. The number of quaternary nitrogens is 1. The summed E-state index contributed by atoms with van der Waals surface area (Å²) in [6.07, 6.45) is 0.781. The van der Waals surface area contributed by atoms with Gasteiger partial charge in [-0.1, -0.05) is 44.2 Å². The molecule has 10 nitrogen and oxygen atoms in total. The molecule has 0 fully saturated rings. The van der Waals surface area contributed by atoms with Crippen molar-refractivity contribution in [3.8, 4) is 0 Å². The largest absolute Gasteiger partial charge is 0.477 e. The van der Waals surface area contributed by atoms with E-state index < -0.39 is 36.8 Å². The van der Waals surface area contributed by atoms with E-state index in [0.29, 0.717) is 19.4 Å². The van der Waals surface area contributed by atoms with E-state index in [9.17, 15) is 33.2 Å². The highest BCUT2D eigenvalue weighted by Gasteiger charge is 2.58. The van der Waals surface area contributed by atoms with Crippen molar-refractivity contribution in [2.75, 3.05) is 13.1 Å². The number of aryl methyl sites for hydroxylation is 1. The number of carboxylic acid groups (broad SMARTS) is 1. The summed E-state index contributed by atoms with van der Waals surface area (Å²) in [5, 5.41) is 21.3. The summed E-state index contributed by atoms with van der Waals surface area (Å²) in [7, 11) is -4.63. The smallest absolute Gasteiger partial charge is 0.364 e. The summed E-state index contributed by atoms with van der Waals surface area (Å²) >= 11 is 0. The number of sulfonamides is 1.